The zero-order chi connectivity index (χ0) is 42.7. The first-order valence-electron chi connectivity index (χ1n) is 20.7. The SMILES string of the molecule is CCCC[C@@H](C)C[C@@H]1NC(=O)[C@H](Cc2ccccc2)N(C)C(=O)[C@H](CC(C)C)NC(=O)[C@H](CC(C)C)N(C)C(=O)C2NC(=O)[C@@H](C)OC(=O)[C@H](CC2C)N(C)C1=O. The summed E-state index contributed by atoms with van der Waals surface area (Å²) in [5.74, 6) is -5.00. The summed E-state index contributed by atoms with van der Waals surface area (Å²) in [6.07, 6.45) is 2.18. The molecule has 0 aromatic heterocycles. The number of rotatable bonds is 11. The molecule has 318 valence electrons. The van der Waals surface area contributed by atoms with E-state index in [4.69, 9.17) is 4.74 Å². The minimum absolute atomic E-state index is 0.00704. The molecule has 2 bridgehead atoms. The monoisotopic (exact) mass is 797 g/mol. The van der Waals surface area contributed by atoms with E-state index >= 15 is 0 Å². The Kier molecular flexibility index (Phi) is 17.5. The van der Waals surface area contributed by atoms with Crippen LogP contribution in [0, 0.1) is 23.7 Å². The van der Waals surface area contributed by atoms with E-state index in [1.54, 1.807) is 6.92 Å². The van der Waals surface area contributed by atoms with E-state index < -0.39 is 89.7 Å². The third-order valence-corrected chi connectivity index (χ3v) is 11.3. The van der Waals surface area contributed by atoms with E-state index in [0.29, 0.717) is 0 Å². The van der Waals surface area contributed by atoms with E-state index in [0.717, 1.165) is 24.8 Å². The number of cyclic esters (lactones) is 1. The number of likely N-dealkylation sites (N-methyl/N-ethyl adjacent to an activating group) is 3. The molecule has 1 aromatic carbocycles. The Balaban J connectivity index is 2.28. The third-order valence-electron chi connectivity index (χ3n) is 11.3. The van der Waals surface area contributed by atoms with Gasteiger partial charge in [-0.05, 0) is 61.8 Å². The largest absolute Gasteiger partial charge is 0.451 e. The van der Waals surface area contributed by atoms with E-state index in [1.165, 1.54) is 42.8 Å². The molecular formula is C43H68N6O8. The minimum Gasteiger partial charge on any atom is -0.451 e. The molecule has 3 rings (SSSR count). The fourth-order valence-electron chi connectivity index (χ4n) is 7.75. The van der Waals surface area contributed by atoms with Gasteiger partial charge in [-0.3, -0.25) is 28.8 Å². The summed E-state index contributed by atoms with van der Waals surface area (Å²) < 4.78 is 5.59. The summed E-state index contributed by atoms with van der Waals surface area (Å²) in [5, 5.41) is 8.68. The Morgan fingerprint density at radius 1 is 0.684 bits per heavy atom. The number of carbonyl (C=O) groups is 7. The molecule has 1 aromatic rings. The van der Waals surface area contributed by atoms with Crippen molar-refractivity contribution in [3.8, 4) is 0 Å². The fraction of sp³-hybridized carbons (Fsp3) is 0.698. The normalized spacial score (nSPS) is 28.2. The molecule has 57 heavy (non-hydrogen) atoms. The van der Waals surface area contributed by atoms with Gasteiger partial charge < -0.3 is 35.4 Å². The number of hydrogen-bond donors (Lipinski definition) is 3. The van der Waals surface area contributed by atoms with Crippen LogP contribution in [-0.4, -0.2) is 120 Å². The van der Waals surface area contributed by atoms with Crippen molar-refractivity contribution in [3.63, 3.8) is 0 Å². The van der Waals surface area contributed by atoms with Crippen LogP contribution in [0.25, 0.3) is 0 Å². The number of amides is 6. The molecule has 2 fully saturated rings. The molecule has 2 saturated heterocycles. The number of nitrogens with one attached hydrogen (secondary N) is 3. The Bertz CT molecular complexity index is 1570. The zero-order valence-electron chi connectivity index (χ0n) is 36.0. The highest BCUT2D eigenvalue weighted by Crippen LogP contribution is 2.25. The Morgan fingerprint density at radius 2 is 1.23 bits per heavy atom. The first-order valence-corrected chi connectivity index (χ1v) is 20.7. The lowest BCUT2D eigenvalue weighted by Crippen LogP contribution is -2.61. The van der Waals surface area contributed by atoms with Crippen LogP contribution < -0.4 is 16.0 Å². The number of benzene rings is 1. The summed E-state index contributed by atoms with van der Waals surface area (Å²) in [7, 11) is 4.48. The second-order valence-electron chi connectivity index (χ2n) is 17.2. The minimum atomic E-state index is -1.29. The number of hydrogen-bond acceptors (Lipinski definition) is 8. The van der Waals surface area contributed by atoms with Crippen molar-refractivity contribution < 1.29 is 38.3 Å². The van der Waals surface area contributed by atoms with Crippen LogP contribution in [-0.2, 0) is 44.7 Å². The number of carbonyl (C=O) groups excluding carboxylic acids is 7. The summed E-state index contributed by atoms with van der Waals surface area (Å²) in [5.41, 5.74) is 0.784. The van der Waals surface area contributed by atoms with E-state index in [-0.39, 0.29) is 49.9 Å². The topological polar surface area (TPSA) is 175 Å². The van der Waals surface area contributed by atoms with Gasteiger partial charge in [0.15, 0.2) is 6.10 Å². The molecule has 2 aliphatic heterocycles. The van der Waals surface area contributed by atoms with Crippen molar-refractivity contribution in [1.82, 2.24) is 30.7 Å². The molecule has 0 saturated carbocycles. The maximum atomic E-state index is 14.7. The van der Waals surface area contributed by atoms with E-state index in [2.05, 4.69) is 22.9 Å². The molecule has 2 heterocycles. The van der Waals surface area contributed by atoms with Gasteiger partial charge >= 0.3 is 5.97 Å². The summed E-state index contributed by atoms with van der Waals surface area (Å²) in [4.78, 5) is 104. The second kappa shape index (κ2) is 21.3. The summed E-state index contributed by atoms with van der Waals surface area (Å²) in [6.45, 7) is 14.9. The maximum absolute atomic E-state index is 14.7. The first kappa shape index (κ1) is 46.9. The average Bonchev–Trinajstić information content (AvgIpc) is 3.19. The standard InChI is InChI=1S/C43H68N6O8/c1-12-13-17-27(6)22-32-41(54)49(11)35-23-28(7)36(46-37(50)29(8)57-43(35)56)42(55)48(10)33(21-26(4)5)38(51)44-31(20-25(2)3)40(53)47(9)34(39(52)45-32)24-30-18-15-14-16-19-30/h14-16,18-19,25-29,31-36H,12-13,17,20-24H2,1-11H3,(H,44,51)(H,45,52)(H,46,50)/t27-,28?,29-,31+,32+,33+,34+,35+,36?/m1/s1. The fourth-order valence-corrected chi connectivity index (χ4v) is 7.75. The third kappa shape index (κ3) is 12.8. The number of nitrogens with zero attached hydrogens (tertiary/aromatic N) is 3. The molecule has 0 aliphatic carbocycles. The second-order valence-corrected chi connectivity index (χ2v) is 17.2. The molecular weight excluding hydrogens is 729 g/mol. The molecule has 2 aliphatic rings. The lowest BCUT2D eigenvalue weighted by Gasteiger charge is -2.37. The van der Waals surface area contributed by atoms with Gasteiger partial charge in [-0.1, -0.05) is 98.1 Å². The molecule has 14 nitrogen and oxygen atoms in total. The molecule has 14 heteroatoms. The molecule has 0 radical (unpaired) electrons. The Labute approximate surface area is 339 Å². The molecule has 6 amide bonds. The number of unbranched alkanes of at least 4 members (excludes halogenated alkanes) is 1. The summed E-state index contributed by atoms with van der Waals surface area (Å²) in [6, 6.07) is 2.59. The van der Waals surface area contributed by atoms with Crippen LogP contribution >= 0.6 is 0 Å². The molecule has 9 atom stereocenters. The van der Waals surface area contributed by atoms with Crippen LogP contribution in [0.1, 0.15) is 106 Å². The smallest absolute Gasteiger partial charge is 0.329 e. The van der Waals surface area contributed by atoms with Gasteiger partial charge in [0.2, 0.25) is 29.5 Å². The van der Waals surface area contributed by atoms with Crippen LogP contribution in [0.4, 0.5) is 0 Å². The predicted molar refractivity (Wildman–Crippen MR) is 217 cm³/mol. The van der Waals surface area contributed by atoms with Gasteiger partial charge in [0, 0.05) is 27.6 Å². The lowest BCUT2D eigenvalue weighted by atomic mass is 9.90. The van der Waals surface area contributed by atoms with Crippen LogP contribution in [0.3, 0.4) is 0 Å². The highest BCUT2D eigenvalue weighted by Gasteiger charge is 2.44. The molecule has 3 N–H and O–H groups in total. The summed E-state index contributed by atoms with van der Waals surface area (Å²) >= 11 is 0. The van der Waals surface area contributed by atoms with Gasteiger partial charge in [0.1, 0.15) is 36.3 Å². The van der Waals surface area contributed by atoms with Crippen LogP contribution in [0.15, 0.2) is 30.3 Å². The van der Waals surface area contributed by atoms with Crippen molar-refractivity contribution >= 4 is 41.4 Å². The predicted octanol–water partition coefficient (Wildman–Crippen LogP) is 3.46. The maximum Gasteiger partial charge on any atom is 0.329 e. The van der Waals surface area contributed by atoms with Crippen molar-refractivity contribution in [2.45, 2.75) is 149 Å². The van der Waals surface area contributed by atoms with Crippen LogP contribution in [0.2, 0.25) is 0 Å². The van der Waals surface area contributed by atoms with Gasteiger partial charge in [0.25, 0.3) is 5.91 Å². The van der Waals surface area contributed by atoms with Crippen molar-refractivity contribution in [1.29, 1.82) is 0 Å². The van der Waals surface area contributed by atoms with E-state index in [1.807, 2.05) is 65.0 Å². The highest BCUT2D eigenvalue weighted by molar-refractivity contribution is 5.98. The van der Waals surface area contributed by atoms with Gasteiger partial charge in [-0.25, -0.2) is 4.79 Å². The van der Waals surface area contributed by atoms with Gasteiger partial charge in [0.05, 0.1) is 0 Å². The zero-order valence-corrected chi connectivity index (χ0v) is 36.0. The van der Waals surface area contributed by atoms with Crippen molar-refractivity contribution in [3.05, 3.63) is 35.9 Å². The van der Waals surface area contributed by atoms with Gasteiger partial charge in [-0.2, -0.15) is 0 Å². The number of esters is 1. The Hall–Kier alpha value is -4.49. The van der Waals surface area contributed by atoms with Gasteiger partial charge in [-0.15, -0.1) is 0 Å². The highest BCUT2D eigenvalue weighted by atomic mass is 16.5. The Morgan fingerprint density at radius 3 is 1.81 bits per heavy atom. The van der Waals surface area contributed by atoms with E-state index in [9.17, 15) is 33.6 Å². The van der Waals surface area contributed by atoms with Crippen LogP contribution in [0.5, 0.6) is 0 Å². The van der Waals surface area contributed by atoms with Crippen molar-refractivity contribution in [2.24, 2.45) is 23.7 Å². The van der Waals surface area contributed by atoms with Crippen molar-refractivity contribution in [2.75, 3.05) is 21.1 Å². The lowest BCUT2D eigenvalue weighted by molar-refractivity contribution is -0.162. The molecule has 0 spiro atoms. The average molecular weight is 797 g/mol. The number of fused-ring (bicyclic) bond motifs is 3. The number of ether oxygens (including phenoxy) is 1. The first-order chi connectivity index (χ1) is 26.8. The molecule has 2 unspecified atom stereocenters. The quantitative estimate of drug-likeness (QED) is 0.286.